The van der Waals surface area contributed by atoms with Crippen molar-refractivity contribution >= 4 is 23.2 Å². The van der Waals surface area contributed by atoms with Gasteiger partial charge in [-0.1, -0.05) is 79.7 Å². The van der Waals surface area contributed by atoms with Crippen molar-refractivity contribution in [3.63, 3.8) is 0 Å². The molecule has 5 rings (SSSR count). The molecule has 49 heavy (non-hydrogen) atoms. The second kappa shape index (κ2) is 16.6. The van der Waals surface area contributed by atoms with Crippen molar-refractivity contribution < 1.29 is 19.2 Å². The lowest BCUT2D eigenvalue weighted by Gasteiger charge is -2.43. The van der Waals surface area contributed by atoms with Crippen molar-refractivity contribution in [1.29, 1.82) is 0 Å². The van der Waals surface area contributed by atoms with Crippen molar-refractivity contribution in [1.82, 2.24) is 10.2 Å². The average molecular weight is 667 g/mol. The van der Waals surface area contributed by atoms with Crippen LogP contribution in [0.3, 0.4) is 0 Å². The molecule has 0 aliphatic carbocycles. The van der Waals surface area contributed by atoms with Gasteiger partial charge in [0.15, 0.2) is 0 Å². The summed E-state index contributed by atoms with van der Waals surface area (Å²) in [6, 6.07) is 27.4. The Morgan fingerprint density at radius 1 is 1.00 bits per heavy atom. The Hall–Kier alpha value is -4.71. The highest BCUT2D eigenvalue weighted by molar-refractivity contribution is 6.10. The van der Waals surface area contributed by atoms with Crippen LogP contribution in [0.4, 0.5) is 5.69 Å². The number of hydrogen-bond acceptors (Lipinski definition) is 8. The van der Waals surface area contributed by atoms with Crippen LogP contribution in [-0.4, -0.2) is 73.3 Å². The summed E-state index contributed by atoms with van der Waals surface area (Å²) in [5, 5.41) is 14.4. The topological polar surface area (TPSA) is 166 Å². The van der Waals surface area contributed by atoms with Crippen LogP contribution in [0.25, 0.3) is 0 Å². The number of aliphatic imine (C=N–C) groups is 1. The van der Waals surface area contributed by atoms with E-state index in [1.54, 1.807) is 12.1 Å². The zero-order valence-corrected chi connectivity index (χ0v) is 28.1. The third-order valence-corrected chi connectivity index (χ3v) is 9.75. The molecule has 1 saturated heterocycles. The first-order valence-electron chi connectivity index (χ1n) is 17.0. The Labute approximate surface area is 287 Å². The predicted octanol–water partition coefficient (Wildman–Crippen LogP) is 4.46. The van der Waals surface area contributed by atoms with Crippen molar-refractivity contribution in [3.8, 4) is 0 Å². The van der Waals surface area contributed by atoms with E-state index in [4.69, 9.17) is 21.2 Å². The van der Waals surface area contributed by atoms with Gasteiger partial charge < -0.3 is 26.4 Å². The lowest BCUT2D eigenvalue weighted by molar-refractivity contribution is -0.384. The molecule has 3 aromatic carbocycles. The normalized spacial score (nSPS) is 19.3. The number of nitro benzene ring substituents is 1. The number of carbonyl (C=O) groups is 2. The molecule has 5 N–H and O–H groups in total. The summed E-state index contributed by atoms with van der Waals surface area (Å²) in [6.45, 7) is 5.62. The fourth-order valence-electron chi connectivity index (χ4n) is 7.27. The lowest BCUT2D eigenvalue weighted by Crippen LogP contribution is -2.45. The molecule has 2 aliphatic rings. The third-order valence-electron chi connectivity index (χ3n) is 9.75. The van der Waals surface area contributed by atoms with Gasteiger partial charge in [0.25, 0.3) is 5.69 Å². The Morgan fingerprint density at radius 3 is 2.14 bits per heavy atom. The van der Waals surface area contributed by atoms with Crippen LogP contribution in [0.1, 0.15) is 55.2 Å². The summed E-state index contributed by atoms with van der Waals surface area (Å²) in [4.78, 5) is 45.0. The molecule has 2 aliphatic heterocycles. The Balaban J connectivity index is 1.29. The van der Waals surface area contributed by atoms with Gasteiger partial charge in [-0.2, -0.15) is 0 Å². The molecule has 258 valence electrons. The molecule has 0 spiro atoms. The zero-order valence-electron chi connectivity index (χ0n) is 28.1. The minimum atomic E-state index is -0.974. The number of nitrogens with two attached hydrogens (primary N) is 2. The first-order valence-corrected chi connectivity index (χ1v) is 17.0. The summed E-state index contributed by atoms with van der Waals surface area (Å²) in [5.41, 5.74) is 15.9. The monoisotopic (exact) mass is 666 g/mol. The quantitative estimate of drug-likeness (QED) is 0.122. The number of ether oxygens (including phenoxy) is 1. The van der Waals surface area contributed by atoms with E-state index in [0.29, 0.717) is 42.1 Å². The number of benzene rings is 3. The Kier molecular flexibility index (Phi) is 12.1. The SMILES string of the molecule is CCC1=C(C(=O)NCCCN2CCC(c3ccccc3)(c3ccccc3)CC2)C(c2ccc([N+](=O)[O-])cc2)C(C(N)=O)C(COCCN)=N1. The number of nitrogens with zero attached hydrogens (tertiary/aromatic N) is 3. The molecule has 0 saturated carbocycles. The van der Waals surface area contributed by atoms with Gasteiger partial charge in [-0.15, -0.1) is 0 Å². The van der Waals surface area contributed by atoms with Crippen LogP contribution < -0.4 is 16.8 Å². The number of piperidine rings is 1. The van der Waals surface area contributed by atoms with E-state index in [9.17, 15) is 19.7 Å². The summed E-state index contributed by atoms with van der Waals surface area (Å²) >= 11 is 0. The highest BCUT2D eigenvalue weighted by Crippen LogP contribution is 2.42. The highest BCUT2D eigenvalue weighted by Gasteiger charge is 2.42. The molecule has 2 unspecified atom stereocenters. The van der Waals surface area contributed by atoms with Crippen molar-refractivity contribution in [2.24, 2.45) is 22.4 Å². The molecular formula is C38H46N6O5. The highest BCUT2D eigenvalue weighted by atomic mass is 16.6. The van der Waals surface area contributed by atoms with Gasteiger partial charge in [0.2, 0.25) is 11.8 Å². The van der Waals surface area contributed by atoms with Gasteiger partial charge in [0, 0.05) is 47.8 Å². The van der Waals surface area contributed by atoms with Gasteiger partial charge in [0.1, 0.15) is 0 Å². The van der Waals surface area contributed by atoms with E-state index in [1.165, 1.54) is 23.3 Å². The molecule has 2 atom stereocenters. The maximum atomic E-state index is 14.0. The minimum Gasteiger partial charge on any atom is -0.374 e. The number of amides is 2. The number of carbonyl (C=O) groups excluding carboxylic acids is 2. The Morgan fingerprint density at radius 2 is 1.61 bits per heavy atom. The molecule has 3 aromatic rings. The van der Waals surface area contributed by atoms with Gasteiger partial charge in [-0.3, -0.25) is 24.7 Å². The van der Waals surface area contributed by atoms with Gasteiger partial charge in [-0.25, -0.2) is 0 Å². The summed E-state index contributed by atoms with van der Waals surface area (Å²) in [6.07, 6.45) is 3.17. The molecule has 2 heterocycles. The predicted molar refractivity (Wildman–Crippen MR) is 190 cm³/mol. The lowest BCUT2D eigenvalue weighted by atomic mass is 9.68. The number of nitro groups is 1. The third kappa shape index (κ3) is 8.13. The fraction of sp³-hybridized carbons (Fsp3) is 0.395. The molecule has 1 fully saturated rings. The van der Waals surface area contributed by atoms with Gasteiger partial charge in [-0.05, 0) is 62.0 Å². The second-order valence-corrected chi connectivity index (χ2v) is 12.6. The number of primary amides is 1. The van der Waals surface area contributed by atoms with E-state index in [0.717, 1.165) is 38.9 Å². The van der Waals surface area contributed by atoms with E-state index in [1.807, 2.05) is 6.92 Å². The molecule has 2 amide bonds. The molecule has 11 nitrogen and oxygen atoms in total. The molecule has 11 heteroatoms. The number of likely N-dealkylation sites (tertiary alicyclic amines) is 1. The maximum absolute atomic E-state index is 14.0. The summed E-state index contributed by atoms with van der Waals surface area (Å²) in [7, 11) is 0. The number of allylic oxidation sites excluding steroid dienone is 1. The van der Waals surface area contributed by atoms with Crippen LogP contribution in [0.15, 0.2) is 101 Å². The van der Waals surface area contributed by atoms with Crippen molar-refractivity contribution in [2.45, 2.75) is 43.9 Å². The van der Waals surface area contributed by atoms with Crippen LogP contribution in [-0.2, 0) is 19.7 Å². The number of hydrogen-bond donors (Lipinski definition) is 3. The van der Waals surface area contributed by atoms with Crippen molar-refractivity contribution in [2.75, 3.05) is 45.9 Å². The van der Waals surface area contributed by atoms with E-state index in [-0.39, 0.29) is 30.2 Å². The van der Waals surface area contributed by atoms with Gasteiger partial charge in [0.05, 0.1) is 29.8 Å². The molecule has 0 aromatic heterocycles. The minimum absolute atomic E-state index is 0.0261. The van der Waals surface area contributed by atoms with E-state index in [2.05, 4.69) is 70.9 Å². The number of nitrogens with one attached hydrogen (secondary N) is 1. The molecule has 0 radical (unpaired) electrons. The summed E-state index contributed by atoms with van der Waals surface area (Å²) < 4.78 is 5.65. The standard InChI is InChI=1S/C38H46N6O5/c1-2-31-35(33(27-14-16-30(17-15-27)44(47)48)34(36(40)45)32(42-31)26-49-25-20-39)37(46)41-21-9-22-43-23-18-38(19-24-43,28-10-5-3-6-11-28)29-12-7-4-8-13-29/h3-8,10-17,33-34H,2,9,18-26,39H2,1H3,(H2,40,45)(H,41,46). The Bertz CT molecular complexity index is 1610. The van der Waals surface area contributed by atoms with Gasteiger partial charge >= 0.3 is 0 Å². The van der Waals surface area contributed by atoms with Crippen LogP contribution in [0, 0.1) is 16.0 Å². The fourth-order valence-corrected chi connectivity index (χ4v) is 7.27. The largest absolute Gasteiger partial charge is 0.374 e. The van der Waals surface area contributed by atoms with Crippen LogP contribution in [0.2, 0.25) is 0 Å². The number of rotatable bonds is 15. The van der Waals surface area contributed by atoms with Crippen LogP contribution >= 0.6 is 0 Å². The number of non-ortho nitro benzene ring substituents is 1. The smallest absolute Gasteiger partial charge is 0.269 e. The molecular weight excluding hydrogens is 620 g/mol. The summed E-state index contributed by atoms with van der Waals surface area (Å²) in [5.74, 6) is -2.75. The van der Waals surface area contributed by atoms with E-state index >= 15 is 0 Å². The molecule has 0 bridgehead atoms. The van der Waals surface area contributed by atoms with Crippen molar-refractivity contribution in [3.05, 3.63) is 123 Å². The first kappa shape index (κ1) is 35.6. The second-order valence-electron chi connectivity index (χ2n) is 12.6. The first-order chi connectivity index (χ1) is 23.8. The average Bonchev–Trinajstić information content (AvgIpc) is 3.13. The maximum Gasteiger partial charge on any atom is 0.269 e. The zero-order chi connectivity index (χ0) is 34.8. The van der Waals surface area contributed by atoms with E-state index < -0.39 is 22.7 Å². The van der Waals surface area contributed by atoms with Crippen LogP contribution in [0.5, 0.6) is 0 Å².